The molecule has 1 saturated carbocycles. The van der Waals surface area contributed by atoms with Gasteiger partial charge in [-0.3, -0.25) is 4.68 Å². The van der Waals surface area contributed by atoms with Gasteiger partial charge in [-0.05, 0) is 33.6 Å². The van der Waals surface area contributed by atoms with E-state index in [1.807, 2.05) is 0 Å². The number of aryl methyl sites for hydroxylation is 2. The lowest BCUT2D eigenvalue weighted by atomic mass is 9.99. The van der Waals surface area contributed by atoms with Crippen LogP contribution >= 0.6 is 0 Å². The number of nitrogens with two attached hydrogens (primary N) is 1. The molecule has 25 heavy (non-hydrogen) atoms. The standard InChI is InChI=1S/C15H24N6O3S/c1-9-12(11(3)21(4)18-9)25(22,23)20-10(2)13-17-14(19-24-13)15(16)7-5-6-8-15/h10,20H,5-8,16H2,1-4H3. The van der Waals surface area contributed by atoms with Gasteiger partial charge in [0.05, 0.1) is 23.0 Å². The van der Waals surface area contributed by atoms with Crippen molar-refractivity contribution in [1.29, 1.82) is 0 Å². The lowest BCUT2D eigenvalue weighted by Crippen LogP contribution is -2.34. The number of hydrogen-bond donors (Lipinski definition) is 2. The van der Waals surface area contributed by atoms with E-state index in [4.69, 9.17) is 10.3 Å². The number of nitrogens with zero attached hydrogens (tertiary/aromatic N) is 4. The van der Waals surface area contributed by atoms with Gasteiger partial charge in [0.2, 0.25) is 15.9 Å². The maximum Gasteiger partial charge on any atom is 0.244 e. The van der Waals surface area contributed by atoms with Crippen LogP contribution in [0.15, 0.2) is 9.42 Å². The first-order chi connectivity index (χ1) is 11.6. The second-order valence-electron chi connectivity index (χ2n) is 6.79. The Kier molecular flexibility index (Phi) is 4.46. The van der Waals surface area contributed by atoms with Crippen LogP contribution in [-0.4, -0.2) is 28.3 Å². The summed E-state index contributed by atoms with van der Waals surface area (Å²) in [5.74, 6) is 0.647. The van der Waals surface area contributed by atoms with Crippen molar-refractivity contribution in [3.05, 3.63) is 23.1 Å². The van der Waals surface area contributed by atoms with Gasteiger partial charge < -0.3 is 10.3 Å². The molecular weight excluding hydrogens is 344 g/mol. The molecule has 138 valence electrons. The van der Waals surface area contributed by atoms with Crippen LogP contribution in [0.3, 0.4) is 0 Å². The smallest absolute Gasteiger partial charge is 0.244 e. The van der Waals surface area contributed by atoms with Crippen molar-refractivity contribution < 1.29 is 12.9 Å². The zero-order valence-corrected chi connectivity index (χ0v) is 15.7. The Labute approximate surface area is 147 Å². The summed E-state index contributed by atoms with van der Waals surface area (Å²) in [6, 6.07) is -0.671. The van der Waals surface area contributed by atoms with E-state index in [2.05, 4.69) is 20.0 Å². The van der Waals surface area contributed by atoms with Crippen molar-refractivity contribution in [3.63, 3.8) is 0 Å². The average molecular weight is 368 g/mol. The van der Waals surface area contributed by atoms with Gasteiger partial charge in [0.25, 0.3) is 0 Å². The molecule has 0 radical (unpaired) electrons. The molecule has 1 atom stereocenters. The summed E-state index contributed by atoms with van der Waals surface area (Å²) < 4.78 is 34.8. The van der Waals surface area contributed by atoms with Crippen LogP contribution in [0.5, 0.6) is 0 Å². The molecule has 10 heteroatoms. The Morgan fingerprint density at radius 2 is 1.96 bits per heavy atom. The average Bonchev–Trinajstić information content (AvgIpc) is 3.20. The van der Waals surface area contributed by atoms with Crippen molar-refractivity contribution in [2.45, 2.75) is 62.9 Å². The molecule has 2 heterocycles. The fourth-order valence-electron chi connectivity index (χ4n) is 3.33. The van der Waals surface area contributed by atoms with E-state index in [1.54, 1.807) is 27.8 Å². The van der Waals surface area contributed by atoms with Gasteiger partial charge in [0.15, 0.2) is 5.82 Å². The molecule has 3 N–H and O–H groups in total. The number of sulfonamides is 1. The molecule has 1 aliphatic rings. The monoisotopic (exact) mass is 368 g/mol. The molecule has 0 aliphatic heterocycles. The van der Waals surface area contributed by atoms with Gasteiger partial charge in [0.1, 0.15) is 4.90 Å². The van der Waals surface area contributed by atoms with Crippen LogP contribution in [0.4, 0.5) is 0 Å². The topological polar surface area (TPSA) is 129 Å². The summed E-state index contributed by atoms with van der Waals surface area (Å²) in [6.07, 6.45) is 3.67. The minimum Gasteiger partial charge on any atom is -0.338 e. The van der Waals surface area contributed by atoms with E-state index >= 15 is 0 Å². The maximum absolute atomic E-state index is 12.7. The number of aromatic nitrogens is 4. The summed E-state index contributed by atoms with van der Waals surface area (Å²) >= 11 is 0. The second kappa shape index (κ2) is 6.19. The van der Waals surface area contributed by atoms with Gasteiger partial charge in [-0.25, -0.2) is 8.42 Å². The number of rotatable bonds is 5. The lowest BCUT2D eigenvalue weighted by molar-refractivity contribution is 0.333. The molecule has 2 aromatic rings. The summed E-state index contributed by atoms with van der Waals surface area (Å²) in [5.41, 5.74) is 6.75. The van der Waals surface area contributed by atoms with Crippen LogP contribution in [0.25, 0.3) is 0 Å². The van der Waals surface area contributed by atoms with E-state index < -0.39 is 21.6 Å². The highest BCUT2D eigenvalue weighted by molar-refractivity contribution is 7.89. The van der Waals surface area contributed by atoms with Crippen LogP contribution in [0.1, 0.15) is 61.8 Å². The number of hydrogen-bond acceptors (Lipinski definition) is 7. The van der Waals surface area contributed by atoms with Crippen molar-refractivity contribution in [2.75, 3.05) is 0 Å². The fourth-order valence-corrected chi connectivity index (χ4v) is 4.96. The van der Waals surface area contributed by atoms with E-state index in [0.717, 1.165) is 25.7 Å². The highest BCUT2D eigenvalue weighted by Crippen LogP contribution is 2.35. The third-order valence-electron chi connectivity index (χ3n) is 4.80. The summed E-state index contributed by atoms with van der Waals surface area (Å²) in [4.78, 5) is 4.52. The van der Waals surface area contributed by atoms with Crippen LogP contribution < -0.4 is 10.5 Å². The predicted molar refractivity (Wildman–Crippen MR) is 90.0 cm³/mol. The zero-order chi connectivity index (χ0) is 18.4. The summed E-state index contributed by atoms with van der Waals surface area (Å²) in [5, 5.41) is 8.12. The van der Waals surface area contributed by atoms with Crippen molar-refractivity contribution in [2.24, 2.45) is 12.8 Å². The van der Waals surface area contributed by atoms with Gasteiger partial charge in [-0.2, -0.15) is 14.8 Å². The van der Waals surface area contributed by atoms with E-state index in [-0.39, 0.29) is 10.8 Å². The highest BCUT2D eigenvalue weighted by Gasteiger charge is 2.37. The third kappa shape index (κ3) is 3.21. The Hall–Kier alpha value is -1.78. The Bertz CT molecular complexity index is 879. The molecule has 0 amide bonds. The van der Waals surface area contributed by atoms with E-state index in [1.165, 1.54) is 4.68 Å². The highest BCUT2D eigenvalue weighted by atomic mass is 32.2. The predicted octanol–water partition coefficient (Wildman–Crippen LogP) is 1.19. The molecule has 1 unspecified atom stereocenters. The quantitative estimate of drug-likeness (QED) is 0.811. The van der Waals surface area contributed by atoms with Crippen molar-refractivity contribution >= 4 is 10.0 Å². The molecule has 0 saturated heterocycles. The Morgan fingerprint density at radius 1 is 1.32 bits per heavy atom. The molecule has 9 nitrogen and oxygen atoms in total. The van der Waals surface area contributed by atoms with Gasteiger partial charge in [-0.15, -0.1) is 0 Å². The SMILES string of the molecule is Cc1nn(C)c(C)c1S(=O)(=O)NC(C)c1nc(C2(N)CCCC2)no1. The molecular formula is C15H24N6O3S. The molecule has 0 aromatic carbocycles. The van der Waals surface area contributed by atoms with Crippen molar-refractivity contribution in [1.82, 2.24) is 24.6 Å². The molecule has 3 rings (SSSR count). The van der Waals surface area contributed by atoms with Crippen molar-refractivity contribution in [3.8, 4) is 0 Å². The third-order valence-corrected chi connectivity index (χ3v) is 6.59. The van der Waals surface area contributed by atoms with E-state index in [9.17, 15) is 8.42 Å². The van der Waals surface area contributed by atoms with Gasteiger partial charge in [-0.1, -0.05) is 18.0 Å². The van der Waals surface area contributed by atoms with Gasteiger partial charge in [0, 0.05) is 7.05 Å². The van der Waals surface area contributed by atoms with E-state index in [0.29, 0.717) is 17.2 Å². The largest absolute Gasteiger partial charge is 0.338 e. The minimum atomic E-state index is -3.77. The van der Waals surface area contributed by atoms with Gasteiger partial charge >= 0.3 is 0 Å². The summed E-state index contributed by atoms with van der Waals surface area (Å²) in [7, 11) is -2.06. The Morgan fingerprint density at radius 3 is 2.52 bits per heavy atom. The van der Waals surface area contributed by atoms with Crippen LogP contribution in [-0.2, 0) is 22.6 Å². The molecule has 1 aliphatic carbocycles. The second-order valence-corrected chi connectivity index (χ2v) is 8.44. The first-order valence-corrected chi connectivity index (χ1v) is 9.78. The zero-order valence-electron chi connectivity index (χ0n) is 14.9. The Balaban J connectivity index is 1.82. The number of nitrogens with one attached hydrogen (secondary N) is 1. The van der Waals surface area contributed by atoms with Crippen LogP contribution in [0.2, 0.25) is 0 Å². The first-order valence-electron chi connectivity index (χ1n) is 8.29. The minimum absolute atomic E-state index is 0.174. The first kappa shape index (κ1) is 18.0. The molecule has 0 spiro atoms. The molecule has 1 fully saturated rings. The molecule has 2 aromatic heterocycles. The molecule has 0 bridgehead atoms. The summed E-state index contributed by atoms with van der Waals surface area (Å²) in [6.45, 7) is 5.03. The maximum atomic E-state index is 12.7. The normalized spacial score (nSPS) is 18.6. The fraction of sp³-hybridized carbons (Fsp3) is 0.667. The van der Waals surface area contributed by atoms with Crippen LogP contribution in [0, 0.1) is 13.8 Å². The lowest BCUT2D eigenvalue weighted by Gasteiger charge is -2.17.